The summed E-state index contributed by atoms with van der Waals surface area (Å²) in [6.45, 7) is 7.43. The molecule has 1 aliphatic rings. The maximum Gasteiger partial charge on any atom is 0.253 e. The van der Waals surface area contributed by atoms with Crippen molar-refractivity contribution >= 4 is 33.4 Å². The highest BCUT2D eigenvalue weighted by molar-refractivity contribution is 7.89. The van der Waals surface area contributed by atoms with Gasteiger partial charge in [-0.2, -0.15) is 4.31 Å². The van der Waals surface area contributed by atoms with E-state index in [1.165, 1.54) is 23.4 Å². The van der Waals surface area contributed by atoms with E-state index in [0.29, 0.717) is 44.2 Å². The summed E-state index contributed by atoms with van der Waals surface area (Å²) >= 11 is 6.14. The first kappa shape index (κ1) is 22.6. The van der Waals surface area contributed by atoms with Crippen LogP contribution in [-0.2, 0) is 14.8 Å². The highest BCUT2D eigenvalue weighted by Gasteiger charge is 2.28. The van der Waals surface area contributed by atoms with E-state index in [9.17, 15) is 18.0 Å². The smallest absolute Gasteiger partial charge is 0.253 e. The fourth-order valence-electron chi connectivity index (χ4n) is 3.35. The topological polar surface area (TPSA) is 86.8 Å². The SMILES string of the molecule is CCN(CC)S(=O)(=O)c1cc(C(=O)N2CCC(CNC(C)=O)CC2)ccc1Cl. The lowest BCUT2D eigenvalue weighted by Gasteiger charge is -2.32. The average molecular weight is 430 g/mol. The van der Waals surface area contributed by atoms with Crippen molar-refractivity contribution in [3.8, 4) is 0 Å². The van der Waals surface area contributed by atoms with Gasteiger partial charge in [-0.05, 0) is 37.0 Å². The lowest BCUT2D eigenvalue weighted by atomic mass is 9.96. The van der Waals surface area contributed by atoms with E-state index in [4.69, 9.17) is 11.6 Å². The molecule has 7 nitrogen and oxygen atoms in total. The Labute approximate surface area is 172 Å². The summed E-state index contributed by atoms with van der Waals surface area (Å²) in [6.07, 6.45) is 1.59. The zero-order valence-electron chi connectivity index (χ0n) is 16.6. The molecule has 1 heterocycles. The maximum absolute atomic E-state index is 12.9. The Morgan fingerprint density at radius 3 is 2.36 bits per heavy atom. The zero-order valence-corrected chi connectivity index (χ0v) is 18.1. The number of hydrogen-bond acceptors (Lipinski definition) is 4. The van der Waals surface area contributed by atoms with Crippen LogP contribution in [0.15, 0.2) is 23.1 Å². The van der Waals surface area contributed by atoms with Gasteiger partial charge in [0.15, 0.2) is 0 Å². The molecule has 1 aliphatic heterocycles. The third kappa shape index (κ3) is 5.24. The number of carbonyl (C=O) groups excluding carboxylic acids is 2. The first-order valence-electron chi connectivity index (χ1n) is 9.54. The number of hydrogen-bond donors (Lipinski definition) is 1. The van der Waals surface area contributed by atoms with Gasteiger partial charge in [0.25, 0.3) is 5.91 Å². The fraction of sp³-hybridized carbons (Fsp3) is 0.579. The number of rotatable bonds is 7. The molecule has 0 bridgehead atoms. The number of sulfonamides is 1. The van der Waals surface area contributed by atoms with E-state index < -0.39 is 10.0 Å². The molecular weight excluding hydrogens is 402 g/mol. The Hall–Kier alpha value is -1.64. The molecule has 2 rings (SSSR count). The standard InChI is InChI=1S/C19H28ClN3O4S/c1-4-23(5-2)28(26,27)18-12-16(6-7-17(18)20)19(25)22-10-8-15(9-11-22)13-21-14(3)24/h6-7,12,15H,4-5,8-11,13H2,1-3H3,(H,21,24). The van der Waals surface area contributed by atoms with Crippen molar-refractivity contribution in [3.63, 3.8) is 0 Å². The molecule has 1 aromatic carbocycles. The van der Waals surface area contributed by atoms with Crippen LogP contribution in [0.2, 0.25) is 5.02 Å². The summed E-state index contributed by atoms with van der Waals surface area (Å²) in [6, 6.07) is 4.41. The molecule has 0 aromatic heterocycles. The van der Waals surface area contributed by atoms with Crippen LogP contribution in [-0.4, -0.2) is 62.2 Å². The Balaban J connectivity index is 2.14. The minimum atomic E-state index is -3.75. The summed E-state index contributed by atoms with van der Waals surface area (Å²) in [7, 11) is -3.75. The molecule has 1 fully saturated rings. The molecule has 1 saturated heterocycles. The second-order valence-corrected chi connectivity index (χ2v) is 9.22. The summed E-state index contributed by atoms with van der Waals surface area (Å²) in [5.41, 5.74) is 0.315. The van der Waals surface area contributed by atoms with Crippen molar-refractivity contribution in [2.45, 2.75) is 38.5 Å². The molecule has 0 unspecified atom stereocenters. The monoisotopic (exact) mass is 429 g/mol. The number of piperidine rings is 1. The van der Waals surface area contributed by atoms with Crippen molar-refractivity contribution in [2.75, 3.05) is 32.7 Å². The van der Waals surface area contributed by atoms with Crippen LogP contribution in [0.4, 0.5) is 0 Å². The molecular formula is C19H28ClN3O4S. The lowest BCUT2D eigenvalue weighted by Crippen LogP contribution is -2.41. The summed E-state index contributed by atoms with van der Waals surface area (Å²) in [4.78, 5) is 25.6. The predicted octanol–water partition coefficient (Wildman–Crippen LogP) is 2.36. The minimum absolute atomic E-state index is 0.0377. The second-order valence-electron chi connectivity index (χ2n) is 6.91. The van der Waals surface area contributed by atoms with E-state index in [1.807, 2.05) is 0 Å². The number of carbonyl (C=O) groups is 2. The quantitative estimate of drug-likeness (QED) is 0.720. The second kappa shape index (κ2) is 9.71. The van der Waals surface area contributed by atoms with Crippen molar-refractivity contribution in [2.24, 2.45) is 5.92 Å². The van der Waals surface area contributed by atoms with Crippen LogP contribution in [0.5, 0.6) is 0 Å². The van der Waals surface area contributed by atoms with Gasteiger partial charge in [0.2, 0.25) is 15.9 Å². The van der Waals surface area contributed by atoms with Gasteiger partial charge < -0.3 is 10.2 Å². The van der Waals surface area contributed by atoms with Crippen LogP contribution < -0.4 is 5.32 Å². The van der Waals surface area contributed by atoms with Gasteiger partial charge in [0.05, 0.1) is 5.02 Å². The molecule has 1 aromatic rings. The molecule has 9 heteroatoms. The van der Waals surface area contributed by atoms with Crippen LogP contribution in [0.3, 0.4) is 0 Å². The first-order valence-corrected chi connectivity index (χ1v) is 11.4. The Morgan fingerprint density at radius 1 is 1.21 bits per heavy atom. The highest BCUT2D eigenvalue weighted by atomic mass is 35.5. The van der Waals surface area contributed by atoms with Crippen molar-refractivity contribution in [3.05, 3.63) is 28.8 Å². The number of nitrogens with one attached hydrogen (secondary N) is 1. The Kier molecular flexibility index (Phi) is 7.86. The molecule has 2 amide bonds. The highest BCUT2D eigenvalue weighted by Crippen LogP contribution is 2.27. The van der Waals surface area contributed by atoms with Crippen LogP contribution in [0, 0.1) is 5.92 Å². The lowest BCUT2D eigenvalue weighted by molar-refractivity contribution is -0.119. The number of benzene rings is 1. The molecule has 156 valence electrons. The zero-order chi connectivity index (χ0) is 20.9. The van der Waals surface area contributed by atoms with Crippen LogP contribution in [0.1, 0.15) is 44.0 Å². The predicted molar refractivity (Wildman–Crippen MR) is 109 cm³/mol. The van der Waals surface area contributed by atoms with Crippen molar-refractivity contribution < 1.29 is 18.0 Å². The Morgan fingerprint density at radius 2 is 1.82 bits per heavy atom. The van der Waals surface area contributed by atoms with E-state index in [1.54, 1.807) is 24.8 Å². The third-order valence-electron chi connectivity index (χ3n) is 5.04. The van der Waals surface area contributed by atoms with E-state index in [0.717, 1.165) is 12.8 Å². The first-order chi connectivity index (χ1) is 13.2. The largest absolute Gasteiger partial charge is 0.356 e. The summed E-state index contributed by atoms with van der Waals surface area (Å²) in [5.74, 6) is 0.0871. The summed E-state index contributed by atoms with van der Waals surface area (Å²) < 4.78 is 27.0. The number of nitrogens with zero attached hydrogens (tertiary/aromatic N) is 2. The van der Waals surface area contributed by atoms with Gasteiger partial charge in [0.1, 0.15) is 4.90 Å². The van der Waals surface area contributed by atoms with E-state index in [2.05, 4.69) is 5.32 Å². The Bertz CT molecular complexity index is 816. The fourth-order valence-corrected chi connectivity index (χ4v) is 5.31. The third-order valence-corrected chi connectivity index (χ3v) is 7.57. The van der Waals surface area contributed by atoms with Crippen LogP contribution in [0.25, 0.3) is 0 Å². The minimum Gasteiger partial charge on any atom is -0.356 e. The van der Waals surface area contributed by atoms with Gasteiger partial charge in [-0.25, -0.2) is 8.42 Å². The molecule has 1 N–H and O–H groups in total. The molecule has 0 spiro atoms. The molecule has 28 heavy (non-hydrogen) atoms. The molecule has 0 atom stereocenters. The van der Waals surface area contributed by atoms with Crippen molar-refractivity contribution in [1.29, 1.82) is 0 Å². The molecule has 0 radical (unpaired) electrons. The van der Waals surface area contributed by atoms with Gasteiger partial charge >= 0.3 is 0 Å². The summed E-state index contributed by atoms with van der Waals surface area (Å²) in [5, 5.41) is 2.92. The van der Waals surface area contributed by atoms with Gasteiger partial charge in [0, 0.05) is 45.2 Å². The number of likely N-dealkylation sites (tertiary alicyclic amines) is 1. The normalized spacial score (nSPS) is 15.7. The van der Waals surface area contributed by atoms with Crippen LogP contribution >= 0.6 is 11.6 Å². The van der Waals surface area contributed by atoms with E-state index in [-0.39, 0.29) is 21.7 Å². The van der Waals surface area contributed by atoms with Gasteiger partial charge in [-0.3, -0.25) is 9.59 Å². The maximum atomic E-state index is 12.9. The average Bonchev–Trinajstić information content (AvgIpc) is 2.67. The van der Waals surface area contributed by atoms with Crippen molar-refractivity contribution in [1.82, 2.24) is 14.5 Å². The molecule has 0 aliphatic carbocycles. The number of amides is 2. The van der Waals surface area contributed by atoms with Gasteiger partial charge in [-0.1, -0.05) is 25.4 Å². The van der Waals surface area contributed by atoms with Gasteiger partial charge in [-0.15, -0.1) is 0 Å². The van der Waals surface area contributed by atoms with E-state index >= 15 is 0 Å². The number of halogens is 1. The molecule has 0 saturated carbocycles.